The van der Waals surface area contributed by atoms with Crippen molar-refractivity contribution in [2.24, 2.45) is 10.9 Å². The van der Waals surface area contributed by atoms with Crippen molar-refractivity contribution in [1.29, 1.82) is 0 Å². The van der Waals surface area contributed by atoms with E-state index >= 15 is 0 Å². The molecule has 0 aromatic heterocycles. The lowest BCUT2D eigenvalue weighted by Crippen LogP contribution is -2.50. The fourth-order valence-corrected chi connectivity index (χ4v) is 2.45. The molecule has 1 amide bonds. The Morgan fingerprint density at radius 3 is 2.62 bits per heavy atom. The summed E-state index contributed by atoms with van der Waals surface area (Å²) in [6.07, 6.45) is 0. The van der Waals surface area contributed by atoms with E-state index in [-0.39, 0.29) is 16.8 Å². The van der Waals surface area contributed by atoms with Gasteiger partial charge in [0.15, 0.2) is 5.84 Å². The molecule has 1 fully saturated rings. The average Bonchev–Trinajstić information content (AvgIpc) is 2.47. The van der Waals surface area contributed by atoms with Crippen molar-refractivity contribution in [2.45, 2.75) is 0 Å². The van der Waals surface area contributed by atoms with E-state index in [0.29, 0.717) is 38.3 Å². The molecule has 0 unspecified atom stereocenters. The van der Waals surface area contributed by atoms with Gasteiger partial charge in [-0.3, -0.25) is 9.69 Å². The maximum absolute atomic E-state index is 13.0. The van der Waals surface area contributed by atoms with Crippen LogP contribution in [0.25, 0.3) is 0 Å². The number of rotatable bonds is 3. The van der Waals surface area contributed by atoms with Gasteiger partial charge in [0.2, 0.25) is 0 Å². The highest BCUT2D eigenvalue weighted by Gasteiger charge is 2.24. The van der Waals surface area contributed by atoms with Gasteiger partial charge in [-0.1, -0.05) is 16.8 Å². The van der Waals surface area contributed by atoms with Crippen molar-refractivity contribution in [1.82, 2.24) is 9.80 Å². The van der Waals surface area contributed by atoms with Gasteiger partial charge in [-0.25, -0.2) is 4.39 Å². The van der Waals surface area contributed by atoms with Crippen molar-refractivity contribution in [3.8, 4) is 0 Å². The van der Waals surface area contributed by atoms with Crippen LogP contribution in [0.5, 0.6) is 0 Å². The van der Waals surface area contributed by atoms with Crippen molar-refractivity contribution >= 4 is 23.3 Å². The maximum Gasteiger partial charge on any atom is 0.255 e. The van der Waals surface area contributed by atoms with Crippen LogP contribution in [0.4, 0.5) is 4.39 Å². The molecule has 0 saturated carbocycles. The van der Waals surface area contributed by atoms with Crippen LogP contribution in [0, 0.1) is 5.82 Å². The highest BCUT2D eigenvalue weighted by atomic mass is 35.5. The molecular weight excluding hydrogens is 299 g/mol. The Hall–Kier alpha value is -1.86. The molecule has 0 radical (unpaired) electrons. The van der Waals surface area contributed by atoms with Crippen molar-refractivity contribution < 1.29 is 14.4 Å². The van der Waals surface area contributed by atoms with Crippen molar-refractivity contribution in [3.63, 3.8) is 0 Å². The topological polar surface area (TPSA) is 82.2 Å². The fourth-order valence-electron chi connectivity index (χ4n) is 2.20. The monoisotopic (exact) mass is 314 g/mol. The van der Waals surface area contributed by atoms with E-state index in [9.17, 15) is 9.18 Å². The minimum atomic E-state index is -0.472. The van der Waals surface area contributed by atoms with Crippen LogP contribution in [0.15, 0.2) is 23.4 Å². The quantitative estimate of drug-likeness (QED) is 0.377. The summed E-state index contributed by atoms with van der Waals surface area (Å²) in [6, 6.07) is 3.74. The maximum atomic E-state index is 13.0. The van der Waals surface area contributed by atoms with Gasteiger partial charge in [0, 0.05) is 26.2 Å². The van der Waals surface area contributed by atoms with E-state index < -0.39 is 5.82 Å². The third-order valence-electron chi connectivity index (χ3n) is 3.34. The number of halogens is 2. The summed E-state index contributed by atoms with van der Waals surface area (Å²) in [5.41, 5.74) is 5.74. The number of amidine groups is 1. The molecule has 0 atom stereocenters. The van der Waals surface area contributed by atoms with Crippen molar-refractivity contribution in [3.05, 3.63) is 34.6 Å². The molecule has 1 saturated heterocycles. The van der Waals surface area contributed by atoms with Crippen LogP contribution in [-0.2, 0) is 0 Å². The number of nitrogens with two attached hydrogens (primary N) is 1. The van der Waals surface area contributed by atoms with E-state index in [1.807, 2.05) is 4.90 Å². The molecule has 3 N–H and O–H groups in total. The second-order valence-corrected chi connectivity index (χ2v) is 5.19. The van der Waals surface area contributed by atoms with Crippen LogP contribution < -0.4 is 5.73 Å². The van der Waals surface area contributed by atoms with Gasteiger partial charge < -0.3 is 15.8 Å². The zero-order chi connectivity index (χ0) is 15.4. The molecule has 1 aromatic rings. The summed E-state index contributed by atoms with van der Waals surface area (Å²) in [5, 5.41) is 11.6. The molecule has 0 bridgehead atoms. The first-order valence-corrected chi connectivity index (χ1v) is 6.82. The molecule has 0 spiro atoms. The Labute approximate surface area is 126 Å². The Bertz CT molecular complexity index is 559. The zero-order valence-electron chi connectivity index (χ0n) is 11.3. The van der Waals surface area contributed by atoms with E-state index in [1.54, 1.807) is 4.90 Å². The van der Waals surface area contributed by atoms with E-state index in [2.05, 4.69) is 5.16 Å². The summed E-state index contributed by atoms with van der Waals surface area (Å²) >= 11 is 5.90. The van der Waals surface area contributed by atoms with Crippen molar-refractivity contribution in [2.75, 3.05) is 32.7 Å². The lowest BCUT2D eigenvalue weighted by Gasteiger charge is -2.34. The minimum absolute atomic E-state index is 0.110. The summed E-state index contributed by atoms with van der Waals surface area (Å²) in [5.74, 6) is -0.556. The smallest absolute Gasteiger partial charge is 0.255 e. The first kappa shape index (κ1) is 15.5. The zero-order valence-corrected chi connectivity index (χ0v) is 12.1. The fraction of sp³-hybridized carbons (Fsp3) is 0.385. The lowest BCUT2D eigenvalue weighted by atomic mass is 10.1. The standard InChI is InChI=1S/C13H16ClFN4O2/c14-11-7-9(15)1-2-10(11)13(20)19-5-3-18(4-6-19)8-12(16)17-21/h1-2,7,21H,3-6,8H2,(H2,16,17). The Morgan fingerprint density at radius 1 is 1.38 bits per heavy atom. The van der Waals surface area contributed by atoms with Gasteiger partial charge in [-0.05, 0) is 18.2 Å². The molecule has 6 nitrogen and oxygen atoms in total. The van der Waals surface area contributed by atoms with E-state index in [0.717, 1.165) is 6.07 Å². The first-order chi connectivity index (χ1) is 10.0. The number of carbonyl (C=O) groups excluding carboxylic acids is 1. The molecule has 114 valence electrons. The SMILES string of the molecule is NC(CN1CCN(C(=O)c2ccc(F)cc2Cl)CC1)=NO. The third-order valence-corrected chi connectivity index (χ3v) is 3.65. The predicted octanol–water partition coefficient (Wildman–Crippen LogP) is 0.983. The number of hydrogen-bond donors (Lipinski definition) is 2. The molecule has 8 heteroatoms. The molecule has 1 heterocycles. The van der Waals surface area contributed by atoms with Gasteiger partial charge in [0.1, 0.15) is 5.82 Å². The van der Waals surface area contributed by atoms with Crippen LogP contribution in [0.3, 0.4) is 0 Å². The van der Waals surface area contributed by atoms with Crippen LogP contribution in [0.1, 0.15) is 10.4 Å². The average molecular weight is 315 g/mol. The molecule has 1 aliphatic rings. The second-order valence-electron chi connectivity index (χ2n) is 4.78. The number of hydrogen-bond acceptors (Lipinski definition) is 4. The van der Waals surface area contributed by atoms with Gasteiger partial charge >= 0.3 is 0 Å². The molecule has 1 aliphatic heterocycles. The first-order valence-electron chi connectivity index (χ1n) is 6.44. The summed E-state index contributed by atoms with van der Waals surface area (Å²) in [4.78, 5) is 16.0. The van der Waals surface area contributed by atoms with Crippen LogP contribution in [-0.4, -0.2) is 59.5 Å². The summed E-state index contributed by atoms with van der Waals surface area (Å²) in [6.45, 7) is 2.59. The summed E-state index contributed by atoms with van der Waals surface area (Å²) in [7, 11) is 0. The number of benzene rings is 1. The predicted molar refractivity (Wildman–Crippen MR) is 77.2 cm³/mol. The minimum Gasteiger partial charge on any atom is -0.409 e. The summed E-state index contributed by atoms with van der Waals surface area (Å²) < 4.78 is 13.0. The lowest BCUT2D eigenvalue weighted by molar-refractivity contribution is 0.0653. The Kier molecular flexibility index (Phi) is 4.98. The molecule has 1 aromatic carbocycles. The third kappa shape index (κ3) is 3.83. The number of oxime groups is 1. The molecular formula is C13H16ClFN4O2. The van der Waals surface area contributed by atoms with Crippen LogP contribution >= 0.6 is 11.6 Å². The van der Waals surface area contributed by atoms with Gasteiger partial charge in [0.25, 0.3) is 5.91 Å². The number of amides is 1. The normalized spacial score (nSPS) is 17.0. The highest BCUT2D eigenvalue weighted by molar-refractivity contribution is 6.33. The molecule has 0 aliphatic carbocycles. The van der Waals surface area contributed by atoms with Crippen LogP contribution in [0.2, 0.25) is 5.02 Å². The van der Waals surface area contributed by atoms with E-state index in [1.165, 1.54) is 12.1 Å². The number of nitrogens with zero attached hydrogens (tertiary/aromatic N) is 3. The van der Waals surface area contributed by atoms with Gasteiger partial charge in [-0.15, -0.1) is 0 Å². The van der Waals surface area contributed by atoms with Gasteiger partial charge in [-0.2, -0.15) is 0 Å². The largest absolute Gasteiger partial charge is 0.409 e. The highest BCUT2D eigenvalue weighted by Crippen LogP contribution is 2.19. The molecule has 21 heavy (non-hydrogen) atoms. The number of carbonyl (C=O) groups is 1. The number of piperazine rings is 1. The second kappa shape index (κ2) is 6.73. The van der Waals surface area contributed by atoms with Gasteiger partial charge in [0.05, 0.1) is 17.1 Å². The molecule has 2 rings (SSSR count). The Morgan fingerprint density at radius 2 is 2.05 bits per heavy atom. The van der Waals surface area contributed by atoms with E-state index in [4.69, 9.17) is 22.5 Å². The Balaban J connectivity index is 1.97.